The summed E-state index contributed by atoms with van der Waals surface area (Å²) in [6.45, 7) is 14.3. The van der Waals surface area contributed by atoms with Gasteiger partial charge in [-0.25, -0.2) is 0 Å². The Morgan fingerprint density at radius 2 is 2.07 bits per heavy atom. The van der Waals surface area contributed by atoms with Crippen LogP contribution in [-0.2, 0) is 22.1 Å². The van der Waals surface area contributed by atoms with Gasteiger partial charge >= 0.3 is 0 Å². The zero-order chi connectivity index (χ0) is 19.8. The van der Waals surface area contributed by atoms with Crippen molar-refractivity contribution in [1.29, 1.82) is 0 Å². The van der Waals surface area contributed by atoms with Crippen LogP contribution < -0.4 is 4.80 Å². The van der Waals surface area contributed by atoms with E-state index in [1.165, 1.54) is 4.88 Å². The monoisotopic (exact) mass is 390 g/mol. The zero-order valence-corrected chi connectivity index (χ0v) is 17.9. The molecule has 2 aromatic heterocycles. The molecular formula is C20H30N4O2S. The normalized spacial score (nSPS) is 19.0. The number of aromatic nitrogens is 3. The third-order valence-corrected chi connectivity index (χ3v) is 6.13. The van der Waals surface area contributed by atoms with Crippen LogP contribution in [0.25, 0.3) is 0 Å². The fraction of sp³-hybridized carbons (Fsp3) is 0.650. The van der Waals surface area contributed by atoms with E-state index in [0.29, 0.717) is 10.5 Å². The Balaban J connectivity index is 1.94. The number of hydrogen-bond acceptors (Lipinski definition) is 4. The highest BCUT2D eigenvalue weighted by Crippen LogP contribution is 2.25. The van der Waals surface area contributed by atoms with Gasteiger partial charge < -0.3 is 9.30 Å². The first-order chi connectivity index (χ1) is 12.5. The standard InChI is InChI=1S/C20H30N4O2S/c1-19(2,3)15-10-14(22-23-15)17(25)21-18-24(11-13-8-7-9-26-13)12-16(27-18)20(4,5)6/h10,12-13H,7-9,11H2,1-6H3,(H,22,23)/t13-/m1/s1. The number of carbonyl (C=O) groups is 1. The van der Waals surface area contributed by atoms with Gasteiger partial charge in [0.1, 0.15) is 0 Å². The van der Waals surface area contributed by atoms with E-state index in [4.69, 9.17) is 4.74 Å². The molecule has 6 nitrogen and oxygen atoms in total. The van der Waals surface area contributed by atoms with E-state index in [1.807, 2.05) is 0 Å². The molecule has 0 unspecified atom stereocenters. The van der Waals surface area contributed by atoms with Gasteiger partial charge in [0, 0.05) is 28.8 Å². The second-order valence-electron chi connectivity index (χ2n) is 9.25. The quantitative estimate of drug-likeness (QED) is 0.867. The van der Waals surface area contributed by atoms with Crippen molar-refractivity contribution in [3.05, 3.63) is 33.3 Å². The van der Waals surface area contributed by atoms with Crippen molar-refractivity contribution in [2.24, 2.45) is 4.99 Å². The van der Waals surface area contributed by atoms with Crippen LogP contribution in [0.1, 0.15) is 75.4 Å². The van der Waals surface area contributed by atoms with Crippen LogP contribution in [0.3, 0.4) is 0 Å². The second kappa shape index (κ2) is 7.36. The minimum atomic E-state index is -0.315. The summed E-state index contributed by atoms with van der Waals surface area (Å²) in [5.74, 6) is -0.315. The molecule has 3 heterocycles. The number of aromatic amines is 1. The van der Waals surface area contributed by atoms with Gasteiger partial charge in [0.05, 0.1) is 12.6 Å². The van der Waals surface area contributed by atoms with E-state index in [2.05, 4.69) is 67.5 Å². The van der Waals surface area contributed by atoms with Gasteiger partial charge in [-0.1, -0.05) is 41.5 Å². The molecule has 1 fully saturated rings. The molecule has 27 heavy (non-hydrogen) atoms. The Kier molecular flexibility index (Phi) is 5.45. The minimum absolute atomic E-state index is 0.00546. The maximum Gasteiger partial charge on any atom is 0.300 e. The van der Waals surface area contributed by atoms with Gasteiger partial charge in [0.2, 0.25) is 0 Å². The molecule has 0 saturated carbocycles. The highest BCUT2D eigenvalue weighted by molar-refractivity contribution is 7.09. The fourth-order valence-electron chi connectivity index (χ4n) is 2.91. The van der Waals surface area contributed by atoms with Crippen LogP contribution >= 0.6 is 11.3 Å². The summed E-state index contributed by atoms with van der Waals surface area (Å²) in [6, 6.07) is 1.80. The summed E-state index contributed by atoms with van der Waals surface area (Å²) in [4.78, 5) is 19.0. The van der Waals surface area contributed by atoms with Crippen molar-refractivity contribution >= 4 is 17.2 Å². The van der Waals surface area contributed by atoms with Crippen molar-refractivity contribution in [2.45, 2.75) is 77.9 Å². The van der Waals surface area contributed by atoms with Crippen LogP contribution in [0.15, 0.2) is 17.3 Å². The van der Waals surface area contributed by atoms with Crippen LogP contribution in [-0.4, -0.2) is 33.4 Å². The molecule has 7 heteroatoms. The molecule has 0 aromatic carbocycles. The van der Waals surface area contributed by atoms with Gasteiger partial charge in [0.25, 0.3) is 5.91 Å². The maximum absolute atomic E-state index is 12.7. The highest BCUT2D eigenvalue weighted by Gasteiger charge is 2.23. The Morgan fingerprint density at radius 3 is 2.63 bits per heavy atom. The molecule has 1 aliphatic rings. The summed E-state index contributed by atoms with van der Waals surface area (Å²) >= 11 is 1.57. The van der Waals surface area contributed by atoms with Crippen molar-refractivity contribution in [1.82, 2.24) is 14.8 Å². The molecule has 1 atom stereocenters. The molecule has 1 N–H and O–H groups in total. The average Bonchev–Trinajstić information content (AvgIpc) is 3.26. The number of nitrogens with one attached hydrogen (secondary N) is 1. The minimum Gasteiger partial charge on any atom is -0.376 e. The van der Waals surface area contributed by atoms with Crippen LogP contribution in [0, 0.1) is 0 Å². The van der Waals surface area contributed by atoms with Gasteiger partial charge in [0.15, 0.2) is 10.5 Å². The Labute approximate surface area is 164 Å². The van der Waals surface area contributed by atoms with Gasteiger partial charge in [-0.3, -0.25) is 9.89 Å². The summed E-state index contributed by atoms with van der Waals surface area (Å²) in [7, 11) is 0. The molecule has 3 rings (SSSR count). The highest BCUT2D eigenvalue weighted by atomic mass is 32.1. The van der Waals surface area contributed by atoms with Gasteiger partial charge in [-0.2, -0.15) is 10.1 Å². The molecule has 148 valence electrons. The lowest BCUT2D eigenvalue weighted by Crippen LogP contribution is -2.23. The lowest BCUT2D eigenvalue weighted by Gasteiger charge is -2.15. The topological polar surface area (TPSA) is 72.3 Å². The van der Waals surface area contributed by atoms with Gasteiger partial charge in [-0.05, 0) is 24.3 Å². The van der Waals surface area contributed by atoms with E-state index in [1.54, 1.807) is 17.4 Å². The van der Waals surface area contributed by atoms with E-state index in [0.717, 1.165) is 31.7 Å². The fourth-order valence-corrected chi connectivity index (χ4v) is 3.97. The Hall–Kier alpha value is -1.73. The molecule has 1 saturated heterocycles. The largest absolute Gasteiger partial charge is 0.376 e. The molecule has 0 spiro atoms. The molecule has 0 bridgehead atoms. The third kappa shape index (κ3) is 4.76. The Morgan fingerprint density at radius 1 is 1.33 bits per heavy atom. The van der Waals surface area contributed by atoms with E-state index < -0.39 is 0 Å². The summed E-state index contributed by atoms with van der Waals surface area (Å²) in [5.41, 5.74) is 1.20. The molecule has 1 aliphatic heterocycles. The maximum atomic E-state index is 12.7. The summed E-state index contributed by atoms with van der Waals surface area (Å²) in [5, 5.41) is 7.13. The molecule has 1 amide bonds. The number of nitrogens with zero attached hydrogens (tertiary/aromatic N) is 3. The van der Waals surface area contributed by atoms with Gasteiger partial charge in [-0.15, -0.1) is 11.3 Å². The third-order valence-electron chi connectivity index (χ3n) is 4.69. The zero-order valence-electron chi connectivity index (χ0n) is 17.1. The predicted octanol–water partition coefficient (Wildman–Crippen LogP) is 3.79. The lowest BCUT2D eigenvalue weighted by atomic mass is 9.92. The van der Waals surface area contributed by atoms with Crippen LogP contribution in [0.2, 0.25) is 0 Å². The summed E-state index contributed by atoms with van der Waals surface area (Å²) < 4.78 is 7.84. The van der Waals surface area contributed by atoms with E-state index in [9.17, 15) is 4.79 Å². The lowest BCUT2D eigenvalue weighted by molar-refractivity contribution is 0.0948. The molecule has 2 aromatic rings. The average molecular weight is 391 g/mol. The number of hydrogen-bond donors (Lipinski definition) is 1. The summed E-state index contributed by atoms with van der Waals surface area (Å²) in [6.07, 6.45) is 4.45. The molecule has 0 aliphatic carbocycles. The number of rotatable bonds is 3. The van der Waals surface area contributed by atoms with Crippen LogP contribution in [0.4, 0.5) is 0 Å². The molecule has 0 radical (unpaired) electrons. The second-order valence-corrected chi connectivity index (χ2v) is 10.3. The number of H-pyrrole nitrogens is 1. The number of carbonyl (C=O) groups excluding carboxylic acids is 1. The van der Waals surface area contributed by atoms with Crippen molar-refractivity contribution in [3.63, 3.8) is 0 Å². The number of ether oxygens (including phenoxy) is 1. The number of amides is 1. The smallest absolute Gasteiger partial charge is 0.300 e. The Bertz CT molecular complexity index is 871. The van der Waals surface area contributed by atoms with Crippen LogP contribution in [0.5, 0.6) is 0 Å². The van der Waals surface area contributed by atoms with Crippen molar-refractivity contribution in [2.75, 3.05) is 6.61 Å². The SMILES string of the molecule is CC(C)(C)c1cc(C(=O)N=c2sc(C(C)(C)C)cn2C[C@H]2CCCO2)n[nH]1. The first kappa shape index (κ1) is 20.0. The molecular weight excluding hydrogens is 360 g/mol. The van der Waals surface area contributed by atoms with E-state index >= 15 is 0 Å². The predicted molar refractivity (Wildman–Crippen MR) is 107 cm³/mol. The van der Waals surface area contributed by atoms with E-state index in [-0.39, 0.29) is 22.8 Å². The first-order valence-corrected chi connectivity index (χ1v) is 10.3. The first-order valence-electron chi connectivity index (χ1n) is 9.51. The van der Waals surface area contributed by atoms with Crippen molar-refractivity contribution < 1.29 is 9.53 Å². The number of thiazole rings is 1. The van der Waals surface area contributed by atoms with Crippen molar-refractivity contribution in [3.8, 4) is 0 Å².